The molecular formula is C15H19N3. The molecule has 0 radical (unpaired) electrons. The molecule has 0 bridgehead atoms. The first kappa shape index (κ1) is 12.5. The summed E-state index contributed by atoms with van der Waals surface area (Å²) < 4.78 is 0. The average molecular weight is 241 g/mol. The van der Waals surface area contributed by atoms with Crippen molar-refractivity contribution in [3.63, 3.8) is 0 Å². The summed E-state index contributed by atoms with van der Waals surface area (Å²) in [6.45, 7) is 2.08. The minimum atomic E-state index is 0.0623. The van der Waals surface area contributed by atoms with Crippen LogP contribution in [0.15, 0.2) is 42.5 Å². The highest BCUT2D eigenvalue weighted by Gasteiger charge is 2.07. The Morgan fingerprint density at radius 2 is 1.83 bits per heavy atom. The molecule has 3 nitrogen and oxygen atoms in total. The Morgan fingerprint density at radius 3 is 2.56 bits per heavy atom. The van der Waals surface area contributed by atoms with Crippen molar-refractivity contribution in [3.8, 4) is 11.1 Å². The molecule has 2 rings (SSSR count). The van der Waals surface area contributed by atoms with Gasteiger partial charge in [0.05, 0.1) is 0 Å². The maximum Gasteiger partial charge on any atom is 0.0395 e. The number of benzene rings is 2. The zero-order valence-electron chi connectivity index (χ0n) is 10.6. The van der Waals surface area contributed by atoms with Gasteiger partial charge in [0.25, 0.3) is 0 Å². The first-order valence-corrected chi connectivity index (χ1v) is 6.12. The lowest BCUT2D eigenvalue weighted by atomic mass is 9.97. The third-order valence-corrected chi connectivity index (χ3v) is 3.14. The van der Waals surface area contributed by atoms with Crippen molar-refractivity contribution in [2.75, 3.05) is 11.5 Å². The molecule has 0 aromatic heterocycles. The zero-order valence-corrected chi connectivity index (χ0v) is 10.6. The topological polar surface area (TPSA) is 78.1 Å². The highest BCUT2D eigenvalue weighted by atomic mass is 14.6. The fourth-order valence-electron chi connectivity index (χ4n) is 2.00. The molecule has 94 valence electrons. The van der Waals surface area contributed by atoms with Gasteiger partial charge in [-0.25, -0.2) is 0 Å². The molecule has 0 saturated heterocycles. The average Bonchev–Trinajstić information content (AvgIpc) is 2.40. The molecule has 3 heteroatoms. The first-order chi connectivity index (χ1) is 8.61. The summed E-state index contributed by atoms with van der Waals surface area (Å²) >= 11 is 0. The van der Waals surface area contributed by atoms with Gasteiger partial charge in [0.2, 0.25) is 0 Å². The molecule has 1 unspecified atom stereocenters. The fourth-order valence-corrected chi connectivity index (χ4v) is 2.00. The summed E-state index contributed by atoms with van der Waals surface area (Å²) in [7, 11) is 0. The molecule has 0 spiro atoms. The molecule has 0 aliphatic carbocycles. The van der Waals surface area contributed by atoms with Crippen LogP contribution in [0.4, 0.5) is 11.4 Å². The van der Waals surface area contributed by atoms with Crippen molar-refractivity contribution in [3.05, 3.63) is 48.0 Å². The minimum Gasteiger partial charge on any atom is -0.399 e. The lowest BCUT2D eigenvalue weighted by Crippen LogP contribution is -2.08. The van der Waals surface area contributed by atoms with Gasteiger partial charge in [-0.15, -0.1) is 0 Å². The molecule has 6 N–H and O–H groups in total. The van der Waals surface area contributed by atoms with E-state index in [0.717, 1.165) is 28.8 Å². The molecule has 18 heavy (non-hydrogen) atoms. The quantitative estimate of drug-likeness (QED) is 0.723. The van der Waals surface area contributed by atoms with Crippen molar-refractivity contribution in [1.29, 1.82) is 0 Å². The Hall–Kier alpha value is -2.00. The van der Waals surface area contributed by atoms with Crippen LogP contribution in [0, 0.1) is 0 Å². The molecule has 0 aliphatic rings. The van der Waals surface area contributed by atoms with Crippen LogP contribution in [0.3, 0.4) is 0 Å². The van der Waals surface area contributed by atoms with Gasteiger partial charge in [0.1, 0.15) is 0 Å². The molecule has 2 aromatic carbocycles. The van der Waals surface area contributed by atoms with Crippen LogP contribution >= 0.6 is 0 Å². The van der Waals surface area contributed by atoms with Crippen LogP contribution in [0.1, 0.15) is 24.9 Å². The van der Waals surface area contributed by atoms with Gasteiger partial charge in [-0.1, -0.05) is 25.1 Å². The lowest BCUT2D eigenvalue weighted by Gasteiger charge is -2.12. The zero-order chi connectivity index (χ0) is 13.1. The van der Waals surface area contributed by atoms with E-state index in [2.05, 4.69) is 13.0 Å². The van der Waals surface area contributed by atoms with E-state index < -0.39 is 0 Å². The van der Waals surface area contributed by atoms with E-state index in [0.29, 0.717) is 5.69 Å². The van der Waals surface area contributed by atoms with E-state index in [9.17, 15) is 0 Å². The molecule has 0 heterocycles. The van der Waals surface area contributed by atoms with Crippen LogP contribution in [0.5, 0.6) is 0 Å². The Bertz CT molecular complexity index is 549. The monoisotopic (exact) mass is 241 g/mol. The van der Waals surface area contributed by atoms with Gasteiger partial charge in [0.15, 0.2) is 0 Å². The van der Waals surface area contributed by atoms with Crippen molar-refractivity contribution in [2.45, 2.75) is 19.4 Å². The van der Waals surface area contributed by atoms with Crippen LogP contribution < -0.4 is 17.2 Å². The van der Waals surface area contributed by atoms with Crippen LogP contribution in [0.25, 0.3) is 11.1 Å². The number of rotatable bonds is 3. The minimum absolute atomic E-state index is 0.0623. The van der Waals surface area contributed by atoms with Gasteiger partial charge in [0, 0.05) is 23.0 Å². The molecule has 0 aliphatic heterocycles. The number of anilines is 2. The SMILES string of the molecule is CCC(N)c1cccc(-c2cc(N)ccc2N)c1. The molecule has 0 fully saturated rings. The standard InChI is InChI=1S/C15H19N3/c1-2-14(17)11-5-3-4-10(8-11)13-9-12(16)6-7-15(13)18/h3-9,14H,2,16-18H2,1H3. The summed E-state index contributed by atoms with van der Waals surface area (Å²) in [4.78, 5) is 0. The van der Waals surface area contributed by atoms with E-state index in [1.54, 1.807) is 6.07 Å². The van der Waals surface area contributed by atoms with Crippen molar-refractivity contribution >= 4 is 11.4 Å². The van der Waals surface area contributed by atoms with Gasteiger partial charge < -0.3 is 17.2 Å². The lowest BCUT2D eigenvalue weighted by molar-refractivity contribution is 0.699. The smallest absolute Gasteiger partial charge is 0.0395 e. The predicted molar refractivity (Wildman–Crippen MR) is 77.9 cm³/mol. The van der Waals surface area contributed by atoms with E-state index >= 15 is 0 Å². The molecule has 1 atom stereocenters. The Kier molecular flexibility index (Phi) is 3.53. The third-order valence-electron chi connectivity index (χ3n) is 3.14. The summed E-state index contributed by atoms with van der Waals surface area (Å²) in [6, 6.07) is 13.7. The van der Waals surface area contributed by atoms with E-state index in [1.807, 2.05) is 30.3 Å². The van der Waals surface area contributed by atoms with Crippen LogP contribution in [-0.4, -0.2) is 0 Å². The van der Waals surface area contributed by atoms with Crippen molar-refractivity contribution in [2.24, 2.45) is 5.73 Å². The maximum absolute atomic E-state index is 6.05. The van der Waals surface area contributed by atoms with Gasteiger partial charge in [-0.05, 0) is 41.8 Å². The number of hydrogen-bond acceptors (Lipinski definition) is 3. The van der Waals surface area contributed by atoms with Gasteiger partial charge >= 0.3 is 0 Å². The fraction of sp³-hybridized carbons (Fsp3) is 0.200. The maximum atomic E-state index is 6.05. The molecule has 0 saturated carbocycles. The highest BCUT2D eigenvalue weighted by molar-refractivity contribution is 5.79. The normalized spacial score (nSPS) is 12.3. The summed E-state index contributed by atoms with van der Waals surface area (Å²) in [5.41, 5.74) is 22.4. The Balaban J connectivity index is 2.47. The largest absolute Gasteiger partial charge is 0.399 e. The number of hydrogen-bond donors (Lipinski definition) is 3. The van der Waals surface area contributed by atoms with Crippen LogP contribution in [-0.2, 0) is 0 Å². The summed E-state index contributed by atoms with van der Waals surface area (Å²) in [5, 5.41) is 0. The van der Waals surface area contributed by atoms with Gasteiger partial charge in [-0.3, -0.25) is 0 Å². The molecular weight excluding hydrogens is 222 g/mol. The second kappa shape index (κ2) is 5.10. The Labute approximate surface area is 108 Å². The predicted octanol–water partition coefficient (Wildman–Crippen LogP) is 2.93. The summed E-state index contributed by atoms with van der Waals surface area (Å²) in [6.07, 6.45) is 0.913. The Morgan fingerprint density at radius 1 is 1.06 bits per heavy atom. The molecule has 0 amide bonds. The van der Waals surface area contributed by atoms with Gasteiger partial charge in [-0.2, -0.15) is 0 Å². The highest BCUT2D eigenvalue weighted by Crippen LogP contribution is 2.29. The number of nitrogens with two attached hydrogens (primary N) is 3. The third kappa shape index (κ3) is 2.46. The number of nitrogen functional groups attached to an aromatic ring is 2. The van der Waals surface area contributed by atoms with Crippen molar-refractivity contribution < 1.29 is 0 Å². The second-order valence-electron chi connectivity index (χ2n) is 4.49. The van der Waals surface area contributed by atoms with Crippen molar-refractivity contribution in [1.82, 2.24) is 0 Å². The van der Waals surface area contributed by atoms with Crippen LogP contribution in [0.2, 0.25) is 0 Å². The van der Waals surface area contributed by atoms with E-state index in [1.165, 1.54) is 0 Å². The molecule has 2 aromatic rings. The first-order valence-electron chi connectivity index (χ1n) is 6.12. The summed E-state index contributed by atoms with van der Waals surface area (Å²) in [5.74, 6) is 0. The van der Waals surface area contributed by atoms with E-state index in [-0.39, 0.29) is 6.04 Å². The second-order valence-corrected chi connectivity index (χ2v) is 4.49. The van der Waals surface area contributed by atoms with E-state index in [4.69, 9.17) is 17.2 Å².